The molecule has 1 amide bonds. The molecule has 1 aliphatic rings. The summed E-state index contributed by atoms with van der Waals surface area (Å²) < 4.78 is 0. The number of nitrogens with two attached hydrogens (primary N) is 1. The number of nitrogens with zero attached hydrogens (tertiary/aromatic N) is 1. The van der Waals surface area contributed by atoms with Crippen LogP contribution in [0.1, 0.15) is 10.4 Å². The monoisotopic (exact) mass is 267 g/mol. The molecule has 0 spiro atoms. The Morgan fingerprint density at radius 1 is 1.10 bits per heavy atom. The molecule has 0 fully saturated rings. The highest BCUT2D eigenvalue weighted by Gasteiger charge is 2.19. The average Bonchev–Trinajstić information content (AvgIpc) is 3.01. The topological polar surface area (TPSA) is 67.6 Å². The minimum absolute atomic E-state index is 0.463. The van der Waals surface area contributed by atoms with Crippen molar-refractivity contribution in [3.05, 3.63) is 66.6 Å². The Hall–Kier alpha value is -2.79. The molecule has 1 heterocycles. The summed E-state index contributed by atoms with van der Waals surface area (Å²) in [5.41, 5.74) is 11.2. The van der Waals surface area contributed by atoms with Crippen molar-refractivity contribution in [2.45, 2.75) is 0 Å². The first-order chi connectivity index (χ1) is 9.77. The van der Waals surface area contributed by atoms with Gasteiger partial charge in [0.25, 0.3) is 0 Å². The summed E-state index contributed by atoms with van der Waals surface area (Å²) in [6.07, 6.45) is 3.25. The molecule has 3 rings (SSSR count). The molecule has 0 unspecified atom stereocenters. The van der Waals surface area contributed by atoms with E-state index in [1.54, 1.807) is 23.3 Å². The lowest BCUT2D eigenvalue weighted by Gasteiger charge is -2.20. The van der Waals surface area contributed by atoms with Crippen LogP contribution in [-0.4, -0.2) is 5.91 Å². The molecule has 2 aromatic carbocycles. The van der Waals surface area contributed by atoms with Crippen LogP contribution in [0.3, 0.4) is 0 Å². The normalized spacial score (nSPS) is 13.3. The number of carbonyl (C=O) groups is 1. The summed E-state index contributed by atoms with van der Waals surface area (Å²) in [7, 11) is 0. The van der Waals surface area contributed by atoms with Crippen molar-refractivity contribution in [2.75, 3.05) is 5.01 Å². The number of anilines is 1. The van der Waals surface area contributed by atoms with Crippen molar-refractivity contribution in [1.82, 2.24) is 5.59 Å². The number of hydrogen-bond acceptors (Lipinski definition) is 4. The standard InChI is InChI=1S/C15H13N3O2/c16-15(19)12-7-4-8-13(18-9-10-20-17-18)14(12)11-5-2-1-3-6-11/h1-10,17H,(H2,16,19). The predicted octanol–water partition coefficient (Wildman–Crippen LogP) is 2.18. The van der Waals surface area contributed by atoms with E-state index in [0.29, 0.717) is 5.56 Å². The molecule has 2 aromatic rings. The molecular formula is C15H13N3O2. The summed E-state index contributed by atoms with van der Waals surface area (Å²) in [4.78, 5) is 16.7. The van der Waals surface area contributed by atoms with Crippen molar-refractivity contribution in [1.29, 1.82) is 0 Å². The molecule has 5 nitrogen and oxygen atoms in total. The number of benzene rings is 2. The molecule has 0 aromatic heterocycles. The number of nitrogens with one attached hydrogen (secondary N) is 1. The van der Waals surface area contributed by atoms with Gasteiger partial charge in [-0.25, -0.2) is 5.01 Å². The van der Waals surface area contributed by atoms with Gasteiger partial charge in [0.2, 0.25) is 5.91 Å². The molecule has 0 aliphatic carbocycles. The zero-order chi connectivity index (χ0) is 13.9. The van der Waals surface area contributed by atoms with Gasteiger partial charge in [0.05, 0.1) is 11.9 Å². The van der Waals surface area contributed by atoms with Crippen molar-refractivity contribution in [3.63, 3.8) is 0 Å². The van der Waals surface area contributed by atoms with Crippen LogP contribution in [-0.2, 0) is 4.84 Å². The fraction of sp³-hybridized carbons (Fsp3) is 0. The Kier molecular flexibility index (Phi) is 3.10. The van der Waals surface area contributed by atoms with Gasteiger partial charge in [-0.15, -0.1) is 0 Å². The first-order valence-electron chi connectivity index (χ1n) is 6.13. The van der Waals surface area contributed by atoms with Gasteiger partial charge in [0.15, 0.2) is 0 Å². The molecular weight excluding hydrogens is 254 g/mol. The Morgan fingerprint density at radius 2 is 1.90 bits per heavy atom. The van der Waals surface area contributed by atoms with Gasteiger partial charge in [-0.3, -0.25) is 4.79 Å². The summed E-state index contributed by atoms with van der Waals surface area (Å²) in [6, 6.07) is 15.0. The molecule has 5 heteroatoms. The largest absolute Gasteiger partial charge is 0.395 e. The van der Waals surface area contributed by atoms with Crippen LogP contribution < -0.4 is 16.3 Å². The van der Waals surface area contributed by atoms with Gasteiger partial charge >= 0.3 is 0 Å². The highest BCUT2D eigenvalue weighted by atomic mass is 16.7. The van der Waals surface area contributed by atoms with Crippen LogP contribution in [0, 0.1) is 0 Å². The lowest BCUT2D eigenvalue weighted by molar-refractivity contribution is 0.100. The van der Waals surface area contributed by atoms with Crippen molar-refractivity contribution in [3.8, 4) is 11.1 Å². The van der Waals surface area contributed by atoms with Crippen molar-refractivity contribution in [2.24, 2.45) is 5.73 Å². The van der Waals surface area contributed by atoms with Crippen LogP contribution in [0.5, 0.6) is 0 Å². The molecule has 0 bridgehead atoms. The number of carbonyl (C=O) groups excluding carboxylic acids is 1. The maximum atomic E-state index is 11.7. The van der Waals surface area contributed by atoms with Crippen molar-refractivity contribution >= 4 is 11.6 Å². The summed E-state index contributed by atoms with van der Waals surface area (Å²) in [5, 5.41) is 1.69. The average molecular weight is 267 g/mol. The summed E-state index contributed by atoms with van der Waals surface area (Å²) in [5.74, 6) is -0.463. The second-order valence-electron chi connectivity index (χ2n) is 4.29. The first kappa shape index (κ1) is 12.3. The van der Waals surface area contributed by atoms with E-state index in [2.05, 4.69) is 5.59 Å². The van der Waals surface area contributed by atoms with E-state index in [1.165, 1.54) is 6.26 Å². The van der Waals surface area contributed by atoms with Gasteiger partial charge in [0.1, 0.15) is 6.26 Å². The van der Waals surface area contributed by atoms with E-state index in [-0.39, 0.29) is 0 Å². The maximum absolute atomic E-state index is 11.7. The van der Waals surface area contributed by atoms with Gasteiger partial charge in [0, 0.05) is 11.1 Å². The maximum Gasteiger partial charge on any atom is 0.249 e. The van der Waals surface area contributed by atoms with Gasteiger partial charge in [-0.2, -0.15) is 0 Å². The fourth-order valence-corrected chi connectivity index (χ4v) is 2.19. The van der Waals surface area contributed by atoms with E-state index in [1.807, 2.05) is 36.4 Å². The quantitative estimate of drug-likeness (QED) is 0.894. The van der Waals surface area contributed by atoms with Crippen LogP contribution in [0.15, 0.2) is 61.0 Å². The smallest absolute Gasteiger partial charge is 0.249 e. The minimum Gasteiger partial charge on any atom is -0.395 e. The third-order valence-electron chi connectivity index (χ3n) is 3.06. The third kappa shape index (κ3) is 2.10. The first-order valence-corrected chi connectivity index (χ1v) is 6.13. The molecule has 0 atom stereocenters. The van der Waals surface area contributed by atoms with Crippen LogP contribution in [0.25, 0.3) is 11.1 Å². The Bertz CT molecular complexity index is 668. The van der Waals surface area contributed by atoms with Crippen molar-refractivity contribution < 1.29 is 9.63 Å². The van der Waals surface area contributed by atoms with E-state index in [0.717, 1.165) is 16.8 Å². The lowest BCUT2D eigenvalue weighted by Crippen LogP contribution is -2.28. The van der Waals surface area contributed by atoms with Gasteiger partial charge in [-0.1, -0.05) is 42.0 Å². The molecule has 0 saturated heterocycles. The Balaban J connectivity index is 2.22. The Morgan fingerprint density at radius 3 is 2.55 bits per heavy atom. The molecule has 3 N–H and O–H groups in total. The summed E-state index contributed by atoms with van der Waals surface area (Å²) >= 11 is 0. The fourth-order valence-electron chi connectivity index (χ4n) is 2.19. The van der Waals surface area contributed by atoms with Gasteiger partial charge < -0.3 is 10.6 Å². The van der Waals surface area contributed by atoms with Gasteiger partial charge in [-0.05, 0) is 17.7 Å². The molecule has 100 valence electrons. The highest BCUT2D eigenvalue weighted by molar-refractivity contribution is 6.03. The number of rotatable bonds is 3. The zero-order valence-corrected chi connectivity index (χ0v) is 10.6. The molecule has 1 aliphatic heterocycles. The predicted molar refractivity (Wildman–Crippen MR) is 76.2 cm³/mol. The third-order valence-corrected chi connectivity index (χ3v) is 3.06. The highest BCUT2D eigenvalue weighted by Crippen LogP contribution is 2.34. The van der Waals surface area contributed by atoms with Crippen LogP contribution in [0.4, 0.5) is 5.69 Å². The van der Waals surface area contributed by atoms with Crippen LogP contribution >= 0.6 is 0 Å². The molecule has 20 heavy (non-hydrogen) atoms. The number of amides is 1. The SMILES string of the molecule is NC(=O)c1cccc(N2C=CON2)c1-c1ccccc1. The molecule has 0 radical (unpaired) electrons. The minimum atomic E-state index is -0.463. The van der Waals surface area contributed by atoms with E-state index in [4.69, 9.17) is 10.6 Å². The number of primary amides is 1. The second kappa shape index (κ2) is 5.07. The molecule has 0 saturated carbocycles. The second-order valence-corrected chi connectivity index (χ2v) is 4.29. The summed E-state index contributed by atoms with van der Waals surface area (Å²) in [6.45, 7) is 0. The Labute approximate surface area is 116 Å². The number of hydrogen-bond donors (Lipinski definition) is 2. The lowest BCUT2D eigenvalue weighted by atomic mass is 9.97. The van der Waals surface area contributed by atoms with E-state index in [9.17, 15) is 4.79 Å². The van der Waals surface area contributed by atoms with E-state index < -0.39 is 5.91 Å². The van der Waals surface area contributed by atoms with Crippen LogP contribution in [0.2, 0.25) is 0 Å². The zero-order valence-electron chi connectivity index (χ0n) is 10.6. The number of hydrazine groups is 1. The van der Waals surface area contributed by atoms with E-state index >= 15 is 0 Å².